The number of aromatic nitrogens is 2. The van der Waals surface area contributed by atoms with Crippen LogP contribution in [-0.4, -0.2) is 40.4 Å². The van der Waals surface area contributed by atoms with Crippen molar-refractivity contribution in [3.8, 4) is 17.6 Å². The van der Waals surface area contributed by atoms with E-state index in [4.69, 9.17) is 5.26 Å². The fourth-order valence-electron chi connectivity index (χ4n) is 2.73. The number of thiazole rings is 1. The van der Waals surface area contributed by atoms with E-state index in [2.05, 4.69) is 9.97 Å². The molecule has 1 saturated heterocycles. The number of likely N-dealkylation sites (N-methyl/N-ethyl adjacent to an activating group) is 1. The van der Waals surface area contributed by atoms with Crippen LogP contribution < -0.4 is 4.90 Å². The Balaban J connectivity index is 1.82. The summed E-state index contributed by atoms with van der Waals surface area (Å²) in [5.74, 6) is -0.262. The average Bonchev–Trinajstić information content (AvgIpc) is 3.29. The van der Waals surface area contributed by atoms with Crippen LogP contribution in [0, 0.1) is 11.5 Å². The van der Waals surface area contributed by atoms with Crippen LogP contribution in [0.3, 0.4) is 0 Å². The van der Waals surface area contributed by atoms with Crippen LogP contribution in [-0.2, 0) is 11.0 Å². The van der Waals surface area contributed by atoms with Crippen molar-refractivity contribution in [3.63, 3.8) is 0 Å². The van der Waals surface area contributed by atoms with Crippen molar-refractivity contribution < 1.29 is 18.0 Å². The largest absolute Gasteiger partial charge is 0.433 e. The molecule has 2 aromatic heterocycles. The summed E-state index contributed by atoms with van der Waals surface area (Å²) in [6, 6.07) is 3.07. The summed E-state index contributed by atoms with van der Waals surface area (Å²) in [6.45, 7) is 0.540. The van der Waals surface area contributed by atoms with E-state index in [-0.39, 0.29) is 17.3 Å². The SMILES string of the molecule is CN(C(=O)[C@@H]1CCCN1C#N)c1nc(-c2cccc(C(F)(F)F)n2)cs1. The molecule has 0 aliphatic carbocycles. The van der Waals surface area contributed by atoms with Gasteiger partial charge in [-0.05, 0) is 25.0 Å². The van der Waals surface area contributed by atoms with Gasteiger partial charge in [-0.25, -0.2) is 9.97 Å². The fraction of sp³-hybridized carbons (Fsp3) is 0.375. The molecule has 1 aliphatic heterocycles. The summed E-state index contributed by atoms with van der Waals surface area (Å²) in [7, 11) is 1.54. The summed E-state index contributed by atoms with van der Waals surface area (Å²) in [4.78, 5) is 23.2. The fourth-order valence-corrected chi connectivity index (χ4v) is 3.52. The minimum Gasteiger partial charge on any atom is -0.298 e. The Morgan fingerprint density at radius 3 is 2.85 bits per heavy atom. The van der Waals surface area contributed by atoms with Crippen LogP contribution in [0.15, 0.2) is 23.6 Å². The molecule has 3 heterocycles. The van der Waals surface area contributed by atoms with Crippen LogP contribution in [0.1, 0.15) is 18.5 Å². The van der Waals surface area contributed by atoms with Gasteiger partial charge in [0.25, 0.3) is 5.91 Å². The standard InChI is InChI=1S/C16H14F3N5OS/c1-23(14(25)12-5-3-7-24(12)9-20)15-22-11(8-26-15)10-4-2-6-13(21-10)16(17,18)19/h2,4,6,8,12H,3,5,7H2,1H3/t12-/m0/s1. The lowest BCUT2D eigenvalue weighted by atomic mass is 10.2. The third kappa shape index (κ3) is 3.48. The van der Waals surface area contributed by atoms with Crippen molar-refractivity contribution in [2.45, 2.75) is 25.1 Å². The molecule has 0 unspecified atom stereocenters. The number of pyridine rings is 1. The van der Waals surface area contributed by atoms with E-state index in [1.165, 1.54) is 21.9 Å². The minimum atomic E-state index is -4.54. The third-order valence-electron chi connectivity index (χ3n) is 4.08. The molecular formula is C16H14F3N5OS. The molecule has 3 rings (SSSR count). The molecular weight excluding hydrogens is 367 g/mol. The molecule has 0 aromatic carbocycles. The third-order valence-corrected chi connectivity index (χ3v) is 4.99. The number of hydrogen-bond acceptors (Lipinski definition) is 6. The summed E-state index contributed by atoms with van der Waals surface area (Å²) in [5, 5.41) is 11.0. The zero-order valence-corrected chi connectivity index (χ0v) is 14.5. The first-order valence-electron chi connectivity index (χ1n) is 7.75. The number of anilines is 1. The van der Waals surface area contributed by atoms with Gasteiger partial charge >= 0.3 is 6.18 Å². The van der Waals surface area contributed by atoms with Crippen molar-refractivity contribution in [2.24, 2.45) is 0 Å². The molecule has 2 aromatic rings. The lowest BCUT2D eigenvalue weighted by Gasteiger charge is -2.22. The monoisotopic (exact) mass is 381 g/mol. The van der Waals surface area contributed by atoms with E-state index < -0.39 is 17.9 Å². The Morgan fingerprint density at radius 1 is 1.38 bits per heavy atom. The molecule has 0 radical (unpaired) electrons. The van der Waals surface area contributed by atoms with Gasteiger partial charge in [-0.2, -0.15) is 18.4 Å². The summed E-state index contributed by atoms with van der Waals surface area (Å²) < 4.78 is 38.4. The number of amides is 1. The van der Waals surface area contributed by atoms with Gasteiger partial charge in [0.05, 0.1) is 5.69 Å². The topological polar surface area (TPSA) is 73.1 Å². The van der Waals surface area contributed by atoms with Gasteiger partial charge < -0.3 is 0 Å². The quantitative estimate of drug-likeness (QED) is 0.764. The highest BCUT2D eigenvalue weighted by Gasteiger charge is 2.34. The molecule has 1 atom stereocenters. The van der Waals surface area contributed by atoms with E-state index in [0.29, 0.717) is 18.1 Å². The second kappa shape index (κ2) is 6.92. The first-order valence-corrected chi connectivity index (χ1v) is 8.63. The molecule has 6 nitrogen and oxygen atoms in total. The normalized spacial score (nSPS) is 17.2. The second-order valence-corrected chi connectivity index (χ2v) is 6.61. The van der Waals surface area contributed by atoms with Crippen LogP contribution in [0.4, 0.5) is 18.3 Å². The van der Waals surface area contributed by atoms with Gasteiger partial charge in [0.1, 0.15) is 17.4 Å². The number of nitriles is 1. The predicted octanol–water partition coefficient (Wildman–Crippen LogP) is 3.13. The van der Waals surface area contributed by atoms with E-state index >= 15 is 0 Å². The van der Waals surface area contributed by atoms with Gasteiger partial charge in [0, 0.05) is 19.0 Å². The van der Waals surface area contributed by atoms with Crippen LogP contribution in [0.5, 0.6) is 0 Å². The zero-order chi connectivity index (χ0) is 18.9. The molecule has 0 saturated carbocycles. The van der Waals surface area contributed by atoms with Crippen LogP contribution in [0.2, 0.25) is 0 Å². The molecule has 0 N–H and O–H groups in total. The summed E-state index contributed by atoms with van der Waals surface area (Å²) >= 11 is 1.13. The average molecular weight is 381 g/mol. The molecule has 0 spiro atoms. The highest BCUT2D eigenvalue weighted by molar-refractivity contribution is 7.14. The van der Waals surface area contributed by atoms with Gasteiger partial charge in [0.15, 0.2) is 11.3 Å². The molecule has 0 bridgehead atoms. The van der Waals surface area contributed by atoms with E-state index in [9.17, 15) is 18.0 Å². The van der Waals surface area contributed by atoms with Crippen LogP contribution >= 0.6 is 11.3 Å². The number of likely N-dealkylation sites (tertiary alicyclic amines) is 1. The van der Waals surface area contributed by atoms with Gasteiger partial charge in [-0.3, -0.25) is 14.6 Å². The van der Waals surface area contributed by atoms with Crippen molar-refractivity contribution >= 4 is 22.4 Å². The Bertz CT molecular complexity index is 860. The minimum absolute atomic E-state index is 0.0858. The highest BCUT2D eigenvalue weighted by atomic mass is 32.1. The number of halogens is 3. The zero-order valence-electron chi connectivity index (χ0n) is 13.7. The van der Waals surface area contributed by atoms with Crippen molar-refractivity contribution in [1.29, 1.82) is 5.26 Å². The number of hydrogen-bond donors (Lipinski definition) is 0. The second-order valence-electron chi connectivity index (χ2n) is 5.77. The van der Waals surface area contributed by atoms with Crippen molar-refractivity contribution in [2.75, 3.05) is 18.5 Å². The highest BCUT2D eigenvalue weighted by Crippen LogP contribution is 2.31. The summed E-state index contributed by atoms with van der Waals surface area (Å²) in [6.07, 6.45) is -1.19. The van der Waals surface area contributed by atoms with Gasteiger partial charge in [-0.1, -0.05) is 6.07 Å². The predicted molar refractivity (Wildman–Crippen MR) is 89.1 cm³/mol. The Kier molecular flexibility index (Phi) is 4.82. The Labute approximate surface area is 151 Å². The van der Waals surface area contributed by atoms with Gasteiger partial charge in [0.2, 0.25) is 0 Å². The van der Waals surface area contributed by atoms with Crippen molar-refractivity contribution in [1.82, 2.24) is 14.9 Å². The van der Waals surface area contributed by atoms with E-state index in [1.807, 2.05) is 6.19 Å². The number of nitrogens with zero attached hydrogens (tertiary/aromatic N) is 5. The maximum absolute atomic E-state index is 12.8. The first-order chi connectivity index (χ1) is 12.3. The lowest BCUT2D eigenvalue weighted by Crippen LogP contribution is -2.42. The molecule has 26 heavy (non-hydrogen) atoms. The Morgan fingerprint density at radius 2 is 2.15 bits per heavy atom. The smallest absolute Gasteiger partial charge is 0.298 e. The lowest BCUT2D eigenvalue weighted by molar-refractivity contribution is -0.141. The molecule has 136 valence electrons. The molecule has 10 heteroatoms. The number of carbonyl (C=O) groups excluding carboxylic acids is 1. The molecule has 1 aliphatic rings. The van der Waals surface area contributed by atoms with Gasteiger partial charge in [-0.15, -0.1) is 11.3 Å². The van der Waals surface area contributed by atoms with Crippen molar-refractivity contribution in [3.05, 3.63) is 29.3 Å². The maximum Gasteiger partial charge on any atom is 0.433 e. The number of alkyl halides is 3. The number of carbonyl (C=O) groups is 1. The van der Waals surface area contributed by atoms with Crippen LogP contribution in [0.25, 0.3) is 11.4 Å². The molecule has 1 fully saturated rings. The first kappa shape index (κ1) is 18.1. The Hall–Kier alpha value is -2.67. The maximum atomic E-state index is 12.8. The summed E-state index contributed by atoms with van der Waals surface area (Å²) in [5.41, 5.74) is -0.647. The van der Waals surface area contributed by atoms with E-state index in [1.54, 1.807) is 12.4 Å². The van der Waals surface area contributed by atoms with E-state index in [0.717, 1.165) is 23.8 Å². The molecule has 1 amide bonds. The number of rotatable bonds is 3.